The topological polar surface area (TPSA) is 82.2 Å². The maximum atomic E-state index is 10.7. The molecule has 2 fully saturated rings. The van der Waals surface area contributed by atoms with Crippen LogP contribution in [0.4, 0.5) is 0 Å². The summed E-state index contributed by atoms with van der Waals surface area (Å²) in [5.74, 6) is 2.18. The molecule has 2 aliphatic heterocycles. The molecule has 0 aromatic heterocycles. The van der Waals surface area contributed by atoms with Crippen molar-refractivity contribution in [3.05, 3.63) is 112 Å². The van der Waals surface area contributed by atoms with E-state index in [1.807, 2.05) is 0 Å². The Bertz CT molecular complexity index is 2010. The molecule has 2 heterocycles. The molecule has 2 saturated heterocycles. The summed E-state index contributed by atoms with van der Waals surface area (Å²) in [6, 6.07) is 17.0. The molecule has 58 heavy (non-hydrogen) atoms. The first-order valence-corrected chi connectivity index (χ1v) is 25.1. The Morgan fingerprint density at radius 1 is 0.552 bits per heavy atom. The third kappa shape index (κ3) is 12.1. The molecule has 3 unspecified atom stereocenters. The summed E-state index contributed by atoms with van der Waals surface area (Å²) in [5, 5.41) is 10.7. The number of ether oxygens (including phenoxy) is 6. The van der Waals surface area contributed by atoms with Crippen LogP contribution in [-0.2, 0) is 31.5 Å². The van der Waals surface area contributed by atoms with Crippen LogP contribution in [-0.4, -0.2) is 69.7 Å². The number of benzene rings is 4. The van der Waals surface area contributed by atoms with Gasteiger partial charge in [-0.15, -0.1) is 0 Å². The van der Waals surface area contributed by atoms with E-state index < -0.39 is 6.10 Å². The first-order valence-electron chi connectivity index (χ1n) is 18.8. The van der Waals surface area contributed by atoms with Gasteiger partial charge in [0.1, 0.15) is 55.4 Å². The standard InChI is InChI=1S/C43H44Br8O7/c1-42(2,24-13-35(48)40(36(49)14-24)57-21-28-19-54-28)23-9-31(44)30(32(45)10-23)7-5-6-8-53-17-27(52)18-56-39-33(46)11-25(12-34(39)47)43(3,4)26-15-37(50)41(38(51)16-26)58-22-29-20-55-29/h9-16,27-29,52H,5-8,17-22H2,1-4H3. The summed E-state index contributed by atoms with van der Waals surface area (Å²) in [6.45, 7) is 12.2. The van der Waals surface area contributed by atoms with E-state index in [1.165, 1.54) is 11.1 Å². The summed E-state index contributed by atoms with van der Waals surface area (Å²) in [6.07, 6.45) is 2.25. The third-order valence-corrected chi connectivity index (χ3v) is 15.3. The molecule has 0 amide bonds. The van der Waals surface area contributed by atoms with Gasteiger partial charge in [-0.3, -0.25) is 0 Å². The molecule has 0 aliphatic carbocycles. The molecule has 4 aromatic carbocycles. The van der Waals surface area contributed by atoms with Crippen LogP contribution >= 0.6 is 127 Å². The van der Waals surface area contributed by atoms with Crippen molar-refractivity contribution >= 4 is 127 Å². The minimum atomic E-state index is -0.779. The van der Waals surface area contributed by atoms with Gasteiger partial charge in [-0.2, -0.15) is 0 Å². The number of epoxide rings is 2. The second kappa shape index (κ2) is 20.6. The maximum Gasteiger partial charge on any atom is 0.147 e. The molecule has 0 spiro atoms. The van der Waals surface area contributed by atoms with Crippen molar-refractivity contribution in [3.63, 3.8) is 0 Å². The van der Waals surface area contributed by atoms with E-state index in [-0.39, 0.29) is 36.3 Å². The zero-order valence-electron chi connectivity index (χ0n) is 32.3. The largest absolute Gasteiger partial charge is 0.488 e. The van der Waals surface area contributed by atoms with Gasteiger partial charge >= 0.3 is 0 Å². The van der Waals surface area contributed by atoms with E-state index in [0.717, 1.165) is 96.4 Å². The quantitative estimate of drug-likeness (QED) is 0.0697. The van der Waals surface area contributed by atoms with Crippen LogP contribution in [0, 0.1) is 0 Å². The molecule has 1 N–H and O–H groups in total. The van der Waals surface area contributed by atoms with Gasteiger partial charge in [0.05, 0.1) is 46.7 Å². The van der Waals surface area contributed by atoms with Crippen molar-refractivity contribution in [2.75, 3.05) is 46.2 Å². The van der Waals surface area contributed by atoms with Gasteiger partial charge in [-0.25, -0.2) is 0 Å². The van der Waals surface area contributed by atoms with Gasteiger partial charge in [0, 0.05) is 26.4 Å². The molecule has 6 rings (SSSR count). The number of hydrogen-bond acceptors (Lipinski definition) is 7. The van der Waals surface area contributed by atoms with Crippen molar-refractivity contribution in [2.24, 2.45) is 0 Å². The van der Waals surface area contributed by atoms with Crippen LogP contribution in [0.5, 0.6) is 17.2 Å². The average molecular weight is 1310 g/mol. The highest BCUT2D eigenvalue weighted by Crippen LogP contribution is 2.45. The zero-order chi connectivity index (χ0) is 41.9. The van der Waals surface area contributed by atoms with Gasteiger partial charge < -0.3 is 33.5 Å². The van der Waals surface area contributed by atoms with E-state index in [9.17, 15) is 5.11 Å². The van der Waals surface area contributed by atoms with Gasteiger partial charge in [-0.1, -0.05) is 59.6 Å². The summed E-state index contributed by atoms with van der Waals surface area (Å²) < 4.78 is 41.8. The van der Waals surface area contributed by atoms with Crippen LogP contribution in [0.3, 0.4) is 0 Å². The number of aliphatic hydroxyl groups excluding tert-OH is 1. The Labute approximate surface area is 408 Å². The zero-order valence-corrected chi connectivity index (χ0v) is 45.0. The van der Waals surface area contributed by atoms with Crippen molar-refractivity contribution in [1.29, 1.82) is 0 Å². The average Bonchev–Trinajstić information content (AvgIpc) is 4.09. The second-order valence-electron chi connectivity index (χ2n) is 15.5. The Balaban J connectivity index is 0.955. The molecule has 7 nitrogen and oxygen atoms in total. The van der Waals surface area contributed by atoms with Gasteiger partial charge in [0.2, 0.25) is 0 Å². The number of halogens is 8. The lowest BCUT2D eigenvalue weighted by atomic mass is 9.78. The van der Waals surface area contributed by atoms with E-state index in [0.29, 0.717) is 25.6 Å². The summed E-state index contributed by atoms with van der Waals surface area (Å²) in [4.78, 5) is 0. The number of unbranched alkanes of at least 4 members (excludes halogenated alkanes) is 1. The van der Waals surface area contributed by atoms with Crippen LogP contribution in [0.15, 0.2) is 84.3 Å². The molecular formula is C43H44Br8O7. The van der Waals surface area contributed by atoms with E-state index >= 15 is 0 Å². The summed E-state index contributed by atoms with van der Waals surface area (Å²) in [7, 11) is 0. The second-order valence-corrected chi connectivity index (χ2v) is 22.3. The maximum absolute atomic E-state index is 10.7. The smallest absolute Gasteiger partial charge is 0.147 e. The molecule has 0 radical (unpaired) electrons. The predicted octanol–water partition coefficient (Wildman–Crippen LogP) is 13.8. The third-order valence-electron chi connectivity index (χ3n) is 10.4. The van der Waals surface area contributed by atoms with E-state index in [1.54, 1.807) is 0 Å². The van der Waals surface area contributed by atoms with E-state index in [2.05, 4.69) is 204 Å². The van der Waals surface area contributed by atoms with Crippen molar-refractivity contribution in [1.82, 2.24) is 0 Å². The molecule has 3 atom stereocenters. The van der Waals surface area contributed by atoms with E-state index in [4.69, 9.17) is 28.4 Å². The van der Waals surface area contributed by atoms with Crippen molar-refractivity contribution in [3.8, 4) is 17.2 Å². The van der Waals surface area contributed by atoms with Gasteiger partial charge in [-0.05, 0) is 191 Å². The van der Waals surface area contributed by atoms with Crippen LogP contribution in [0.1, 0.15) is 68.4 Å². The molecule has 15 heteroatoms. The highest BCUT2D eigenvalue weighted by molar-refractivity contribution is 9.12. The Hall–Kier alpha value is -0.0400. The lowest BCUT2D eigenvalue weighted by Gasteiger charge is -2.28. The highest BCUT2D eigenvalue weighted by Gasteiger charge is 2.30. The van der Waals surface area contributed by atoms with Crippen LogP contribution in [0.25, 0.3) is 0 Å². The molecule has 4 aromatic rings. The summed E-state index contributed by atoms with van der Waals surface area (Å²) >= 11 is 30.0. The Morgan fingerprint density at radius 3 is 1.26 bits per heavy atom. The van der Waals surface area contributed by atoms with Crippen molar-refractivity contribution < 1.29 is 33.5 Å². The monoisotopic (exact) mass is 1300 g/mol. The summed E-state index contributed by atoms with van der Waals surface area (Å²) in [5.41, 5.74) is 5.11. The minimum absolute atomic E-state index is 0.0947. The molecule has 0 saturated carbocycles. The Morgan fingerprint density at radius 2 is 0.897 bits per heavy atom. The number of aliphatic hydroxyl groups is 1. The lowest BCUT2D eigenvalue weighted by Crippen LogP contribution is -2.24. The molecule has 314 valence electrons. The van der Waals surface area contributed by atoms with Crippen molar-refractivity contribution in [2.45, 2.75) is 76.1 Å². The lowest BCUT2D eigenvalue weighted by molar-refractivity contribution is 0.0108. The highest BCUT2D eigenvalue weighted by atomic mass is 79.9. The first kappa shape index (κ1) is 47.4. The first-order chi connectivity index (χ1) is 27.4. The molecular weight excluding hydrogens is 1270 g/mol. The normalized spacial score (nSPS) is 17.0. The molecule has 0 bridgehead atoms. The number of hydrogen-bond donors (Lipinski definition) is 1. The fraction of sp³-hybridized carbons (Fsp3) is 0.442. The Kier molecular flexibility index (Phi) is 16.9. The SMILES string of the molecule is CC(C)(c1cc(Br)c(CCCCOCC(O)COc2c(Br)cc(C(C)(C)c3cc(Br)c(OCC4CO4)c(Br)c3)cc2Br)c(Br)c1)c1cc(Br)c(OCC2CO2)c(Br)c1. The number of rotatable bonds is 20. The fourth-order valence-electron chi connectivity index (χ4n) is 6.35. The van der Waals surface area contributed by atoms with Crippen LogP contribution in [0.2, 0.25) is 0 Å². The van der Waals surface area contributed by atoms with Gasteiger partial charge in [0.15, 0.2) is 0 Å². The van der Waals surface area contributed by atoms with Gasteiger partial charge in [0.25, 0.3) is 0 Å². The minimum Gasteiger partial charge on any atom is -0.488 e. The fourth-order valence-corrected chi connectivity index (χ4v) is 12.2. The predicted molar refractivity (Wildman–Crippen MR) is 257 cm³/mol. The van der Waals surface area contributed by atoms with Crippen LogP contribution < -0.4 is 14.2 Å². The molecule has 2 aliphatic rings.